The van der Waals surface area contributed by atoms with Crippen LogP contribution >= 0.6 is 0 Å². The summed E-state index contributed by atoms with van der Waals surface area (Å²) in [5.41, 5.74) is 1.10. The molecule has 0 spiro atoms. The van der Waals surface area contributed by atoms with Crippen LogP contribution in [0.1, 0.15) is 25.8 Å². The number of hydrogen-bond donors (Lipinski definition) is 1. The van der Waals surface area contributed by atoms with E-state index in [1.54, 1.807) is 6.92 Å². The van der Waals surface area contributed by atoms with E-state index in [2.05, 4.69) is 15.3 Å². The molecule has 2 heterocycles. The summed E-state index contributed by atoms with van der Waals surface area (Å²) < 4.78 is 2.35. The Kier molecular flexibility index (Phi) is 6.96. The number of carbonyl (C=O) groups is 1. The van der Waals surface area contributed by atoms with Crippen molar-refractivity contribution >= 4 is 16.9 Å². The van der Waals surface area contributed by atoms with Gasteiger partial charge in [-0.1, -0.05) is 60.7 Å². The maximum Gasteiger partial charge on any atom is 0.333 e. The minimum Gasteiger partial charge on any atom is -0.352 e. The number of aromatic nitrogens is 4. The van der Waals surface area contributed by atoms with E-state index in [9.17, 15) is 14.4 Å². The van der Waals surface area contributed by atoms with Crippen molar-refractivity contribution in [2.75, 3.05) is 0 Å². The number of hydrogen-bond acceptors (Lipinski definition) is 5. The lowest BCUT2D eigenvalue weighted by Gasteiger charge is -2.16. The van der Waals surface area contributed by atoms with Crippen LogP contribution in [0.15, 0.2) is 76.4 Å². The maximum absolute atomic E-state index is 13.1. The molecule has 0 unspecified atom stereocenters. The van der Waals surface area contributed by atoms with Gasteiger partial charge < -0.3 is 5.32 Å². The van der Waals surface area contributed by atoms with Crippen molar-refractivity contribution in [3.05, 3.63) is 93.3 Å². The number of nitrogens with one attached hydrogen (secondary N) is 1. The molecule has 1 amide bonds. The third-order valence-corrected chi connectivity index (χ3v) is 5.73. The second kappa shape index (κ2) is 10.2. The molecule has 0 saturated heterocycles. The van der Waals surface area contributed by atoms with E-state index in [-0.39, 0.29) is 29.5 Å². The third kappa shape index (κ3) is 4.96. The first-order chi connectivity index (χ1) is 16.5. The first-order valence-electron chi connectivity index (χ1n) is 11.4. The van der Waals surface area contributed by atoms with E-state index in [1.807, 2.05) is 67.6 Å². The van der Waals surface area contributed by atoms with Crippen molar-refractivity contribution in [2.45, 2.75) is 45.8 Å². The molecule has 0 bridgehead atoms. The van der Waals surface area contributed by atoms with Crippen LogP contribution in [0.4, 0.5) is 0 Å². The molecule has 0 fully saturated rings. The SMILES string of the molecule is CCn1c(=O)n(CC(=O)N[C@@H](C)CCc2ccccc2)c(=O)c2cnc(-c3ccccc3)nc21. The fraction of sp³-hybridized carbons (Fsp3) is 0.269. The zero-order chi connectivity index (χ0) is 24.1. The molecule has 0 radical (unpaired) electrons. The number of amides is 1. The van der Waals surface area contributed by atoms with Gasteiger partial charge in [-0.05, 0) is 32.3 Å². The minimum atomic E-state index is -0.573. The predicted octanol–water partition coefficient (Wildman–Crippen LogP) is 2.78. The van der Waals surface area contributed by atoms with Gasteiger partial charge in [0.2, 0.25) is 5.91 Å². The van der Waals surface area contributed by atoms with Crippen LogP contribution in [0.25, 0.3) is 22.4 Å². The van der Waals surface area contributed by atoms with Gasteiger partial charge >= 0.3 is 5.69 Å². The summed E-state index contributed by atoms with van der Waals surface area (Å²) in [6.07, 6.45) is 3.00. The molecule has 4 rings (SSSR count). The Hall–Kier alpha value is -4.07. The highest BCUT2D eigenvalue weighted by atomic mass is 16.2. The molecule has 1 N–H and O–H groups in total. The van der Waals surface area contributed by atoms with Crippen molar-refractivity contribution < 1.29 is 4.79 Å². The van der Waals surface area contributed by atoms with Gasteiger partial charge in [0, 0.05) is 24.3 Å². The minimum absolute atomic E-state index is 0.103. The van der Waals surface area contributed by atoms with Crippen LogP contribution in [-0.4, -0.2) is 31.1 Å². The molecule has 0 aliphatic rings. The van der Waals surface area contributed by atoms with Crippen LogP contribution in [0.3, 0.4) is 0 Å². The van der Waals surface area contributed by atoms with Gasteiger partial charge in [0.25, 0.3) is 5.56 Å². The van der Waals surface area contributed by atoms with Crippen molar-refractivity contribution in [3.63, 3.8) is 0 Å². The van der Waals surface area contributed by atoms with E-state index >= 15 is 0 Å². The van der Waals surface area contributed by atoms with E-state index < -0.39 is 11.2 Å². The Morgan fingerprint density at radius 1 is 1.00 bits per heavy atom. The Bertz CT molecular complexity index is 1410. The molecular weight excluding hydrogens is 430 g/mol. The molecule has 0 aliphatic carbocycles. The number of carbonyl (C=O) groups excluding carboxylic acids is 1. The quantitative estimate of drug-likeness (QED) is 0.439. The zero-order valence-electron chi connectivity index (χ0n) is 19.3. The summed E-state index contributed by atoms with van der Waals surface area (Å²) >= 11 is 0. The molecule has 0 aliphatic heterocycles. The number of rotatable bonds is 8. The number of benzene rings is 2. The standard InChI is InChI=1S/C26H27N5O3/c1-3-30-24-21(16-27-23(29-24)20-12-8-5-9-13-20)25(33)31(26(30)34)17-22(32)28-18(2)14-15-19-10-6-4-7-11-19/h4-13,16,18H,3,14-15,17H2,1-2H3,(H,28,32)/t18-/m0/s1. The summed E-state index contributed by atoms with van der Waals surface area (Å²) in [7, 11) is 0. The third-order valence-electron chi connectivity index (χ3n) is 5.73. The molecule has 4 aromatic rings. The molecular formula is C26H27N5O3. The van der Waals surface area contributed by atoms with Gasteiger partial charge in [0.05, 0.1) is 0 Å². The fourth-order valence-electron chi connectivity index (χ4n) is 3.91. The van der Waals surface area contributed by atoms with Crippen molar-refractivity contribution in [3.8, 4) is 11.4 Å². The van der Waals surface area contributed by atoms with E-state index in [1.165, 1.54) is 16.3 Å². The molecule has 34 heavy (non-hydrogen) atoms. The second-order valence-corrected chi connectivity index (χ2v) is 8.21. The zero-order valence-corrected chi connectivity index (χ0v) is 19.3. The number of fused-ring (bicyclic) bond motifs is 1. The van der Waals surface area contributed by atoms with Crippen molar-refractivity contribution in [1.82, 2.24) is 24.4 Å². The summed E-state index contributed by atoms with van der Waals surface area (Å²) in [5, 5.41) is 3.09. The smallest absolute Gasteiger partial charge is 0.333 e. The Morgan fingerprint density at radius 2 is 1.68 bits per heavy atom. The van der Waals surface area contributed by atoms with Gasteiger partial charge in [-0.2, -0.15) is 0 Å². The van der Waals surface area contributed by atoms with Gasteiger partial charge in [0.1, 0.15) is 11.9 Å². The number of nitrogens with zero attached hydrogens (tertiary/aromatic N) is 4. The predicted molar refractivity (Wildman–Crippen MR) is 132 cm³/mol. The lowest BCUT2D eigenvalue weighted by atomic mass is 10.1. The average Bonchev–Trinajstić information content (AvgIpc) is 2.86. The van der Waals surface area contributed by atoms with Gasteiger partial charge in [0.15, 0.2) is 11.5 Å². The lowest BCUT2D eigenvalue weighted by molar-refractivity contribution is -0.122. The Labute approximate surface area is 196 Å². The van der Waals surface area contributed by atoms with Crippen LogP contribution < -0.4 is 16.6 Å². The van der Waals surface area contributed by atoms with Crippen LogP contribution in [0, 0.1) is 0 Å². The topological polar surface area (TPSA) is 98.9 Å². The molecule has 1 atom stereocenters. The highest BCUT2D eigenvalue weighted by molar-refractivity contribution is 5.78. The maximum atomic E-state index is 13.1. The number of aryl methyl sites for hydroxylation is 2. The van der Waals surface area contributed by atoms with Crippen LogP contribution in [0.5, 0.6) is 0 Å². The summed E-state index contributed by atoms with van der Waals surface area (Å²) in [4.78, 5) is 47.7. The highest BCUT2D eigenvalue weighted by Gasteiger charge is 2.18. The molecule has 174 valence electrons. The first kappa shape index (κ1) is 23.1. The molecule has 2 aromatic carbocycles. The molecule has 0 saturated carbocycles. The van der Waals surface area contributed by atoms with Gasteiger partial charge in [-0.25, -0.2) is 14.8 Å². The fourth-order valence-corrected chi connectivity index (χ4v) is 3.91. The largest absolute Gasteiger partial charge is 0.352 e. The van der Waals surface area contributed by atoms with Crippen molar-refractivity contribution in [2.24, 2.45) is 0 Å². The molecule has 8 heteroatoms. The van der Waals surface area contributed by atoms with Gasteiger partial charge in [-0.3, -0.25) is 18.7 Å². The monoisotopic (exact) mass is 457 g/mol. The first-order valence-corrected chi connectivity index (χ1v) is 11.4. The van der Waals surface area contributed by atoms with Crippen molar-refractivity contribution in [1.29, 1.82) is 0 Å². The average molecular weight is 458 g/mol. The van der Waals surface area contributed by atoms with Crippen LogP contribution in [0.2, 0.25) is 0 Å². The highest BCUT2D eigenvalue weighted by Crippen LogP contribution is 2.16. The Balaban J connectivity index is 1.57. The normalized spacial score (nSPS) is 11.9. The van der Waals surface area contributed by atoms with Gasteiger partial charge in [-0.15, -0.1) is 0 Å². The Morgan fingerprint density at radius 3 is 2.35 bits per heavy atom. The summed E-state index contributed by atoms with van der Waals surface area (Å²) in [6, 6.07) is 19.3. The molecule has 2 aromatic heterocycles. The summed E-state index contributed by atoms with van der Waals surface area (Å²) in [6.45, 7) is 3.65. The van der Waals surface area contributed by atoms with E-state index in [0.29, 0.717) is 12.4 Å². The summed E-state index contributed by atoms with van der Waals surface area (Å²) in [5.74, 6) is 0.0421. The van der Waals surface area contributed by atoms with E-state index in [4.69, 9.17) is 0 Å². The van der Waals surface area contributed by atoms with Crippen LogP contribution in [-0.2, 0) is 24.3 Å². The molecule has 8 nitrogen and oxygen atoms in total. The van der Waals surface area contributed by atoms with E-state index in [0.717, 1.165) is 23.0 Å². The lowest BCUT2D eigenvalue weighted by Crippen LogP contribution is -2.45. The second-order valence-electron chi connectivity index (χ2n) is 8.21.